The van der Waals surface area contributed by atoms with Gasteiger partial charge in [-0.05, 0) is 30.2 Å². The number of nitrogens with one attached hydrogen (secondary N) is 2. The molecule has 172 valence electrons. The molecule has 1 atom stereocenters. The van der Waals surface area contributed by atoms with Crippen molar-refractivity contribution in [2.45, 2.75) is 71.4 Å². The molecule has 0 radical (unpaired) electrons. The third-order valence-electron chi connectivity index (χ3n) is 6.02. The van der Waals surface area contributed by atoms with E-state index in [1.807, 2.05) is 37.3 Å². The Morgan fingerprint density at radius 3 is 2.22 bits per heavy atom. The Kier molecular flexibility index (Phi) is 8.26. The van der Waals surface area contributed by atoms with E-state index in [-0.39, 0.29) is 29.0 Å². The molecule has 6 heteroatoms. The molecule has 2 N–H and O–H groups in total. The number of pyridine rings is 1. The lowest BCUT2D eigenvalue weighted by Crippen LogP contribution is -2.40. The zero-order chi connectivity index (χ0) is 23.1. The average Bonchev–Trinajstić information content (AvgIpc) is 2.79. The van der Waals surface area contributed by atoms with Crippen LogP contribution in [0.2, 0.25) is 0 Å². The summed E-state index contributed by atoms with van der Waals surface area (Å²) in [5.41, 5.74) is 0.663. The normalized spacial score (nSPS) is 15.4. The summed E-state index contributed by atoms with van der Waals surface area (Å²) in [5.74, 6) is -0.411. The Hall–Kier alpha value is -2.89. The summed E-state index contributed by atoms with van der Waals surface area (Å²) in [6, 6.07) is 10.0. The molecule has 2 aromatic rings. The van der Waals surface area contributed by atoms with Gasteiger partial charge in [-0.15, -0.1) is 0 Å². The molecule has 0 bridgehead atoms. The van der Waals surface area contributed by atoms with Gasteiger partial charge in [-0.3, -0.25) is 14.4 Å². The quantitative estimate of drug-likeness (QED) is 0.652. The second kappa shape index (κ2) is 11.1. The number of benzene rings is 1. The molecule has 1 saturated carbocycles. The van der Waals surface area contributed by atoms with Crippen LogP contribution in [0.5, 0.6) is 0 Å². The molecule has 6 nitrogen and oxygen atoms in total. The van der Waals surface area contributed by atoms with Crippen LogP contribution in [0.3, 0.4) is 0 Å². The summed E-state index contributed by atoms with van der Waals surface area (Å²) in [4.78, 5) is 39.0. The molecule has 32 heavy (non-hydrogen) atoms. The van der Waals surface area contributed by atoms with E-state index in [2.05, 4.69) is 24.5 Å². The van der Waals surface area contributed by atoms with Crippen molar-refractivity contribution >= 4 is 11.8 Å². The lowest BCUT2D eigenvalue weighted by Gasteiger charge is -2.23. The minimum absolute atomic E-state index is 0.0159. The lowest BCUT2D eigenvalue weighted by atomic mass is 9.95. The van der Waals surface area contributed by atoms with Gasteiger partial charge in [-0.25, -0.2) is 0 Å². The van der Waals surface area contributed by atoms with Crippen molar-refractivity contribution in [3.8, 4) is 0 Å². The Labute approximate surface area is 190 Å². The highest BCUT2D eigenvalue weighted by Gasteiger charge is 2.23. The summed E-state index contributed by atoms with van der Waals surface area (Å²) in [6.45, 7) is 7.17. The van der Waals surface area contributed by atoms with Gasteiger partial charge in [-0.2, -0.15) is 0 Å². The number of nitrogens with zero attached hydrogens (tertiary/aromatic N) is 1. The van der Waals surface area contributed by atoms with E-state index in [4.69, 9.17) is 0 Å². The molecule has 3 rings (SSSR count). The molecule has 0 aliphatic heterocycles. The number of amides is 2. The van der Waals surface area contributed by atoms with Crippen LogP contribution in [0.15, 0.2) is 47.5 Å². The molecule has 1 aromatic heterocycles. The summed E-state index contributed by atoms with van der Waals surface area (Å²) in [5, 5.41) is 5.89. The van der Waals surface area contributed by atoms with Gasteiger partial charge in [0.2, 0.25) is 5.43 Å². The predicted molar refractivity (Wildman–Crippen MR) is 127 cm³/mol. The van der Waals surface area contributed by atoms with Crippen LogP contribution in [0.25, 0.3) is 0 Å². The third kappa shape index (κ3) is 6.31. The number of hydrogen-bond donors (Lipinski definition) is 2. The van der Waals surface area contributed by atoms with Gasteiger partial charge in [0.05, 0.1) is 0 Å². The predicted octanol–water partition coefficient (Wildman–Crippen LogP) is 4.10. The number of rotatable bonds is 8. The maximum absolute atomic E-state index is 13.1. The third-order valence-corrected chi connectivity index (χ3v) is 6.02. The van der Waals surface area contributed by atoms with Crippen LogP contribution in [-0.4, -0.2) is 29.0 Å². The van der Waals surface area contributed by atoms with Gasteiger partial charge in [0, 0.05) is 31.5 Å². The topological polar surface area (TPSA) is 80.2 Å². The standard InChI is InChI=1S/C26H35N3O3/c1-18(2)15-29-16-22(25(31)27-14-19(3)20-10-6-4-7-11-20)24(30)23(17-29)26(32)28-21-12-8-5-9-13-21/h4,6-7,10-11,16-19,21H,5,8-9,12-15H2,1-3H3,(H,27,31)(H,28,32). The van der Waals surface area contributed by atoms with E-state index < -0.39 is 11.3 Å². The second-order valence-corrected chi connectivity index (χ2v) is 9.34. The fourth-order valence-corrected chi connectivity index (χ4v) is 4.23. The van der Waals surface area contributed by atoms with Crippen molar-refractivity contribution in [2.24, 2.45) is 5.92 Å². The first kappa shape index (κ1) is 23.8. The lowest BCUT2D eigenvalue weighted by molar-refractivity contribution is 0.0925. The molecule has 1 aliphatic carbocycles. The van der Waals surface area contributed by atoms with Crippen LogP contribution < -0.4 is 16.1 Å². The van der Waals surface area contributed by atoms with Crippen LogP contribution >= 0.6 is 0 Å². The van der Waals surface area contributed by atoms with Gasteiger partial charge in [-0.1, -0.05) is 70.4 Å². The van der Waals surface area contributed by atoms with Crippen molar-refractivity contribution in [1.82, 2.24) is 15.2 Å². The highest BCUT2D eigenvalue weighted by atomic mass is 16.2. The molecule has 2 amide bonds. The minimum atomic E-state index is -0.511. The van der Waals surface area contributed by atoms with E-state index in [0.717, 1.165) is 31.2 Å². The van der Waals surface area contributed by atoms with Crippen LogP contribution in [0, 0.1) is 5.92 Å². The Bertz CT molecular complexity index is 976. The number of carbonyl (C=O) groups excluding carboxylic acids is 2. The van der Waals surface area contributed by atoms with Crippen molar-refractivity contribution in [2.75, 3.05) is 6.54 Å². The van der Waals surface area contributed by atoms with Crippen LogP contribution in [-0.2, 0) is 6.54 Å². The number of hydrogen-bond acceptors (Lipinski definition) is 3. The summed E-state index contributed by atoms with van der Waals surface area (Å²) in [7, 11) is 0. The molecule has 1 aliphatic rings. The average molecular weight is 438 g/mol. The number of aromatic nitrogens is 1. The Balaban J connectivity index is 1.80. The summed E-state index contributed by atoms with van der Waals surface area (Å²) < 4.78 is 1.79. The Morgan fingerprint density at radius 2 is 1.59 bits per heavy atom. The molecule has 0 saturated heterocycles. The first-order valence-corrected chi connectivity index (χ1v) is 11.7. The monoisotopic (exact) mass is 437 g/mol. The highest BCUT2D eigenvalue weighted by Crippen LogP contribution is 2.18. The van der Waals surface area contributed by atoms with Crippen LogP contribution in [0.4, 0.5) is 0 Å². The van der Waals surface area contributed by atoms with Crippen molar-refractivity contribution in [3.63, 3.8) is 0 Å². The summed E-state index contributed by atoms with van der Waals surface area (Å²) >= 11 is 0. The molecule has 1 heterocycles. The zero-order valence-corrected chi connectivity index (χ0v) is 19.4. The SMILES string of the molecule is CC(C)Cn1cc(C(=O)NCC(C)c2ccccc2)c(=O)c(C(=O)NC2CCCCC2)c1. The zero-order valence-electron chi connectivity index (χ0n) is 19.4. The molecular formula is C26H35N3O3. The van der Waals surface area contributed by atoms with E-state index in [1.54, 1.807) is 17.0 Å². The molecule has 1 aromatic carbocycles. The maximum atomic E-state index is 13.1. The van der Waals surface area contributed by atoms with Gasteiger partial charge in [0.1, 0.15) is 11.1 Å². The number of carbonyl (C=O) groups is 2. The second-order valence-electron chi connectivity index (χ2n) is 9.34. The van der Waals surface area contributed by atoms with E-state index in [1.165, 1.54) is 6.42 Å². The van der Waals surface area contributed by atoms with Crippen molar-refractivity contribution in [1.29, 1.82) is 0 Å². The largest absolute Gasteiger partial charge is 0.352 e. The van der Waals surface area contributed by atoms with E-state index >= 15 is 0 Å². The van der Waals surface area contributed by atoms with Crippen molar-refractivity contribution < 1.29 is 9.59 Å². The minimum Gasteiger partial charge on any atom is -0.352 e. The molecule has 1 fully saturated rings. The molecule has 1 unspecified atom stereocenters. The molecular weight excluding hydrogens is 402 g/mol. The van der Waals surface area contributed by atoms with Crippen LogP contribution in [0.1, 0.15) is 85.1 Å². The van der Waals surface area contributed by atoms with Gasteiger partial charge in [0.25, 0.3) is 11.8 Å². The van der Waals surface area contributed by atoms with Gasteiger partial charge in [0.15, 0.2) is 0 Å². The fraction of sp³-hybridized carbons (Fsp3) is 0.500. The highest BCUT2D eigenvalue weighted by molar-refractivity contribution is 5.99. The Morgan fingerprint density at radius 1 is 0.969 bits per heavy atom. The van der Waals surface area contributed by atoms with E-state index in [9.17, 15) is 14.4 Å². The summed E-state index contributed by atoms with van der Waals surface area (Å²) in [6.07, 6.45) is 8.39. The van der Waals surface area contributed by atoms with Gasteiger partial charge < -0.3 is 15.2 Å². The maximum Gasteiger partial charge on any atom is 0.256 e. The van der Waals surface area contributed by atoms with Gasteiger partial charge >= 0.3 is 0 Å². The van der Waals surface area contributed by atoms with Crippen molar-refractivity contribution in [3.05, 3.63) is 69.6 Å². The van der Waals surface area contributed by atoms with E-state index in [0.29, 0.717) is 19.0 Å². The first-order valence-electron chi connectivity index (χ1n) is 11.7. The fourth-order valence-electron chi connectivity index (χ4n) is 4.23. The first-order chi connectivity index (χ1) is 15.3. The smallest absolute Gasteiger partial charge is 0.256 e. The molecule has 0 spiro atoms.